The van der Waals surface area contributed by atoms with Crippen LogP contribution in [0.5, 0.6) is 0 Å². The van der Waals surface area contributed by atoms with Crippen LogP contribution >= 0.6 is 22.9 Å². The highest BCUT2D eigenvalue weighted by Crippen LogP contribution is 2.33. The van der Waals surface area contributed by atoms with Crippen LogP contribution in [-0.4, -0.2) is 22.0 Å². The standard InChI is InChI=1S/C13H11ClN2O3S/c1-6-7(2)20-12(10(6)13(18)19)16-11(17)8-5-15-4-3-9(8)14/h3-5H,1-2H3,(H,16,17)(H,18,19). The second-order valence-corrected chi connectivity index (χ2v) is 5.73. The van der Waals surface area contributed by atoms with Crippen molar-refractivity contribution >= 4 is 39.8 Å². The Balaban J connectivity index is 2.36. The van der Waals surface area contributed by atoms with E-state index in [0.717, 1.165) is 4.88 Å². The zero-order chi connectivity index (χ0) is 14.9. The lowest BCUT2D eigenvalue weighted by molar-refractivity contribution is 0.0697. The Morgan fingerprint density at radius 2 is 2.10 bits per heavy atom. The van der Waals surface area contributed by atoms with Crippen LogP contribution < -0.4 is 5.32 Å². The van der Waals surface area contributed by atoms with E-state index in [0.29, 0.717) is 10.6 Å². The van der Waals surface area contributed by atoms with Crippen molar-refractivity contribution in [2.45, 2.75) is 13.8 Å². The normalized spacial score (nSPS) is 10.3. The fourth-order valence-electron chi connectivity index (χ4n) is 1.69. The number of pyridine rings is 1. The first-order valence-corrected chi connectivity index (χ1v) is 6.85. The molecule has 5 nitrogen and oxygen atoms in total. The molecule has 0 aliphatic carbocycles. The molecule has 2 aromatic heterocycles. The van der Waals surface area contributed by atoms with E-state index in [1.165, 1.54) is 29.8 Å². The average Bonchev–Trinajstić information content (AvgIpc) is 2.65. The van der Waals surface area contributed by atoms with E-state index in [1.807, 2.05) is 0 Å². The van der Waals surface area contributed by atoms with E-state index >= 15 is 0 Å². The maximum atomic E-state index is 12.1. The van der Waals surface area contributed by atoms with E-state index in [9.17, 15) is 14.7 Å². The highest BCUT2D eigenvalue weighted by Gasteiger charge is 2.21. The van der Waals surface area contributed by atoms with Gasteiger partial charge in [0.25, 0.3) is 5.91 Å². The minimum Gasteiger partial charge on any atom is -0.478 e. The number of hydrogen-bond donors (Lipinski definition) is 2. The number of carboxylic acids is 1. The van der Waals surface area contributed by atoms with E-state index in [-0.39, 0.29) is 16.1 Å². The first-order chi connectivity index (χ1) is 9.41. The van der Waals surface area contributed by atoms with Gasteiger partial charge in [-0.25, -0.2) is 4.79 Å². The number of carboxylic acid groups (broad SMARTS) is 1. The third-order valence-corrected chi connectivity index (χ3v) is 4.29. The molecule has 104 valence electrons. The van der Waals surface area contributed by atoms with Crippen LogP contribution in [0.4, 0.5) is 5.00 Å². The molecule has 0 bridgehead atoms. The van der Waals surface area contributed by atoms with Crippen LogP contribution in [-0.2, 0) is 0 Å². The molecule has 0 spiro atoms. The summed E-state index contributed by atoms with van der Waals surface area (Å²) in [6.45, 7) is 3.52. The average molecular weight is 311 g/mol. The minimum atomic E-state index is -1.07. The molecule has 0 fully saturated rings. The third kappa shape index (κ3) is 2.66. The van der Waals surface area contributed by atoms with Gasteiger partial charge in [0.1, 0.15) is 5.00 Å². The molecule has 0 atom stereocenters. The quantitative estimate of drug-likeness (QED) is 0.911. The second kappa shape index (κ2) is 5.60. The summed E-state index contributed by atoms with van der Waals surface area (Å²) in [5.41, 5.74) is 0.963. The van der Waals surface area contributed by atoms with Gasteiger partial charge in [-0.05, 0) is 25.5 Å². The van der Waals surface area contributed by atoms with Crippen molar-refractivity contribution < 1.29 is 14.7 Å². The molecule has 0 saturated heterocycles. The Kier molecular flexibility index (Phi) is 4.06. The summed E-state index contributed by atoms with van der Waals surface area (Å²) in [7, 11) is 0. The Morgan fingerprint density at radius 1 is 1.40 bits per heavy atom. The number of carbonyl (C=O) groups is 2. The number of aromatic nitrogens is 1. The molecular formula is C13H11ClN2O3S. The number of nitrogens with zero attached hydrogens (tertiary/aromatic N) is 1. The molecule has 20 heavy (non-hydrogen) atoms. The van der Waals surface area contributed by atoms with Crippen LogP contribution in [0.1, 0.15) is 31.2 Å². The summed E-state index contributed by atoms with van der Waals surface area (Å²) in [6, 6.07) is 1.50. The van der Waals surface area contributed by atoms with Crippen molar-refractivity contribution in [1.29, 1.82) is 0 Å². The largest absolute Gasteiger partial charge is 0.478 e. The molecule has 0 saturated carbocycles. The predicted octanol–water partition coefficient (Wildman–Crippen LogP) is 3.36. The number of hydrogen-bond acceptors (Lipinski definition) is 4. The van der Waals surface area contributed by atoms with Gasteiger partial charge in [0, 0.05) is 17.3 Å². The van der Waals surface area contributed by atoms with Crippen LogP contribution in [0.2, 0.25) is 5.02 Å². The lowest BCUT2D eigenvalue weighted by Gasteiger charge is -2.05. The lowest BCUT2D eigenvalue weighted by atomic mass is 10.1. The molecule has 0 aliphatic rings. The first-order valence-electron chi connectivity index (χ1n) is 5.66. The molecule has 2 heterocycles. The lowest BCUT2D eigenvalue weighted by Crippen LogP contribution is -2.14. The molecule has 7 heteroatoms. The number of carbonyl (C=O) groups excluding carboxylic acids is 1. The third-order valence-electron chi connectivity index (χ3n) is 2.84. The molecule has 0 aliphatic heterocycles. The predicted molar refractivity (Wildman–Crippen MR) is 78.0 cm³/mol. The molecule has 2 N–H and O–H groups in total. The summed E-state index contributed by atoms with van der Waals surface area (Å²) in [6.07, 6.45) is 2.81. The number of thiophene rings is 1. The Labute approximate surface area is 124 Å². The van der Waals surface area contributed by atoms with Crippen molar-refractivity contribution in [2.75, 3.05) is 5.32 Å². The van der Waals surface area contributed by atoms with Crippen molar-refractivity contribution in [3.63, 3.8) is 0 Å². The summed E-state index contributed by atoms with van der Waals surface area (Å²) >= 11 is 7.13. The summed E-state index contributed by atoms with van der Waals surface area (Å²) in [5, 5.41) is 12.4. The van der Waals surface area contributed by atoms with Gasteiger partial charge in [0.15, 0.2) is 0 Å². The number of nitrogens with one attached hydrogen (secondary N) is 1. The van der Waals surface area contributed by atoms with Gasteiger partial charge in [-0.1, -0.05) is 11.6 Å². The summed E-state index contributed by atoms with van der Waals surface area (Å²) < 4.78 is 0. The summed E-state index contributed by atoms with van der Waals surface area (Å²) in [5.74, 6) is -1.55. The molecule has 1 amide bonds. The van der Waals surface area contributed by atoms with Gasteiger partial charge < -0.3 is 10.4 Å². The fourth-order valence-corrected chi connectivity index (χ4v) is 2.93. The molecule has 0 radical (unpaired) electrons. The molecular weight excluding hydrogens is 300 g/mol. The van der Waals surface area contributed by atoms with E-state index in [1.54, 1.807) is 13.8 Å². The number of aromatic carboxylic acids is 1. The Bertz CT molecular complexity index is 697. The maximum absolute atomic E-state index is 12.1. The Morgan fingerprint density at radius 3 is 2.70 bits per heavy atom. The van der Waals surface area contributed by atoms with Gasteiger partial charge in [0.2, 0.25) is 0 Å². The zero-order valence-corrected chi connectivity index (χ0v) is 12.3. The highest BCUT2D eigenvalue weighted by molar-refractivity contribution is 7.16. The number of halogens is 1. The molecule has 2 rings (SSSR count). The maximum Gasteiger partial charge on any atom is 0.338 e. The van der Waals surface area contributed by atoms with E-state index < -0.39 is 11.9 Å². The van der Waals surface area contributed by atoms with Gasteiger partial charge in [-0.2, -0.15) is 0 Å². The van der Waals surface area contributed by atoms with Gasteiger partial charge in [-0.3, -0.25) is 9.78 Å². The summed E-state index contributed by atoms with van der Waals surface area (Å²) in [4.78, 5) is 28.0. The topological polar surface area (TPSA) is 79.3 Å². The van der Waals surface area contributed by atoms with Crippen LogP contribution in [0.3, 0.4) is 0 Å². The fraction of sp³-hybridized carbons (Fsp3) is 0.154. The first kappa shape index (κ1) is 14.5. The van der Waals surface area contributed by atoms with Crippen molar-refractivity contribution in [1.82, 2.24) is 4.98 Å². The molecule has 2 aromatic rings. The van der Waals surface area contributed by atoms with Crippen LogP contribution in [0.15, 0.2) is 18.5 Å². The molecule has 0 unspecified atom stereocenters. The number of amides is 1. The van der Waals surface area contributed by atoms with Crippen LogP contribution in [0.25, 0.3) is 0 Å². The zero-order valence-electron chi connectivity index (χ0n) is 10.7. The van der Waals surface area contributed by atoms with Crippen molar-refractivity contribution in [3.8, 4) is 0 Å². The van der Waals surface area contributed by atoms with Gasteiger partial charge in [0.05, 0.1) is 16.1 Å². The smallest absolute Gasteiger partial charge is 0.338 e. The minimum absolute atomic E-state index is 0.112. The van der Waals surface area contributed by atoms with Gasteiger partial charge >= 0.3 is 5.97 Å². The van der Waals surface area contributed by atoms with E-state index in [4.69, 9.17) is 11.6 Å². The van der Waals surface area contributed by atoms with Crippen LogP contribution in [0, 0.1) is 13.8 Å². The SMILES string of the molecule is Cc1sc(NC(=O)c2cnccc2Cl)c(C(=O)O)c1C. The van der Waals surface area contributed by atoms with Crippen molar-refractivity contribution in [3.05, 3.63) is 45.1 Å². The highest BCUT2D eigenvalue weighted by atomic mass is 35.5. The van der Waals surface area contributed by atoms with Gasteiger partial charge in [-0.15, -0.1) is 11.3 Å². The molecule has 0 aromatic carbocycles. The monoisotopic (exact) mass is 310 g/mol. The number of rotatable bonds is 3. The Hall–Kier alpha value is -1.92. The number of anilines is 1. The van der Waals surface area contributed by atoms with E-state index in [2.05, 4.69) is 10.3 Å². The number of aryl methyl sites for hydroxylation is 1. The van der Waals surface area contributed by atoms with Crippen molar-refractivity contribution in [2.24, 2.45) is 0 Å². The second-order valence-electron chi connectivity index (χ2n) is 4.10.